The summed E-state index contributed by atoms with van der Waals surface area (Å²) < 4.78 is 6.03. The monoisotopic (exact) mass is 332 g/mol. The molecule has 5 heteroatoms. The molecule has 0 N–H and O–H groups in total. The fourth-order valence-electron chi connectivity index (χ4n) is 3.19. The number of carbonyl (C=O) groups is 1. The lowest BCUT2D eigenvalue weighted by atomic mass is 9.83. The van der Waals surface area contributed by atoms with Gasteiger partial charge in [-0.3, -0.25) is 4.79 Å². The quantitative estimate of drug-likeness (QED) is 0.779. The van der Waals surface area contributed by atoms with Crippen molar-refractivity contribution in [2.24, 2.45) is 10.2 Å². The van der Waals surface area contributed by atoms with E-state index in [-0.39, 0.29) is 11.9 Å². The van der Waals surface area contributed by atoms with E-state index in [0.29, 0.717) is 12.5 Å². The van der Waals surface area contributed by atoms with Gasteiger partial charge in [0.05, 0.1) is 0 Å². The molecule has 1 aromatic rings. The lowest BCUT2D eigenvalue weighted by Gasteiger charge is -2.25. The summed E-state index contributed by atoms with van der Waals surface area (Å²) in [5.74, 6) is 1.09. The highest BCUT2D eigenvalue weighted by atomic mass is 35.5. The number of carbonyl (C=O) groups excluding carboxylic acids is 1. The second-order valence-corrected chi connectivity index (χ2v) is 6.67. The molecule has 23 heavy (non-hydrogen) atoms. The number of nitrogens with zero attached hydrogens (tertiary/aromatic N) is 2. The number of hydrogen-bond donors (Lipinski definition) is 0. The first kappa shape index (κ1) is 16.2. The zero-order chi connectivity index (χ0) is 16.2. The normalized spacial score (nSPS) is 21.7. The van der Waals surface area contributed by atoms with Gasteiger partial charge in [-0.15, -0.1) is 5.11 Å². The predicted octanol–water partition coefficient (Wildman–Crippen LogP) is 4.99. The van der Waals surface area contributed by atoms with E-state index in [0.717, 1.165) is 16.3 Å². The van der Waals surface area contributed by atoms with Gasteiger partial charge < -0.3 is 4.74 Å². The highest BCUT2D eigenvalue weighted by Gasteiger charge is 2.21. The second kappa shape index (κ2) is 7.26. The minimum absolute atomic E-state index is 0.206. The van der Waals surface area contributed by atoms with Crippen molar-refractivity contribution in [3.8, 4) is 5.75 Å². The van der Waals surface area contributed by atoms with Gasteiger partial charge in [0.2, 0.25) is 0 Å². The summed E-state index contributed by atoms with van der Waals surface area (Å²) in [6.45, 7) is 2.37. The van der Waals surface area contributed by atoms with Crippen molar-refractivity contribution in [2.75, 3.05) is 6.61 Å². The number of aryl methyl sites for hydroxylation is 1. The summed E-state index contributed by atoms with van der Waals surface area (Å²) >= 11 is 6.33. The number of amides is 1. The molecule has 1 atom stereocenters. The predicted molar refractivity (Wildman–Crippen MR) is 90.3 cm³/mol. The van der Waals surface area contributed by atoms with Gasteiger partial charge in [0.25, 0.3) is 5.91 Å². The first-order valence-corrected chi connectivity index (χ1v) is 8.57. The van der Waals surface area contributed by atoms with E-state index in [1.807, 2.05) is 13.0 Å². The van der Waals surface area contributed by atoms with Crippen LogP contribution in [0.1, 0.15) is 49.1 Å². The Morgan fingerprint density at radius 2 is 2.04 bits per heavy atom. The van der Waals surface area contributed by atoms with Gasteiger partial charge in [0.15, 0.2) is 0 Å². The van der Waals surface area contributed by atoms with E-state index < -0.39 is 0 Å². The third-order valence-electron chi connectivity index (χ3n) is 4.51. The first-order valence-electron chi connectivity index (χ1n) is 8.19. The van der Waals surface area contributed by atoms with Gasteiger partial charge in [-0.05, 0) is 55.0 Å². The minimum Gasteiger partial charge on any atom is -0.491 e. The zero-order valence-corrected chi connectivity index (χ0v) is 14.1. The molecule has 0 bridgehead atoms. The highest BCUT2D eigenvalue weighted by molar-refractivity contribution is 6.31. The Morgan fingerprint density at radius 1 is 1.26 bits per heavy atom. The molecule has 4 nitrogen and oxygen atoms in total. The maximum atomic E-state index is 11.0. The van der Waals surface area contributed by atoms with E-state index in [2.05, 4.69) is 16.3 Å². The van der Waals surface area contributed by atoms with Crippen molar-refractivity contribution < 1.29 is 9.53 Å². The van der Waals surface area contributed by atoms with E-state index in [1.165, 1.54) is 43.7 Å². The van der Waals surface area contributed by atoms with Gasteiger partial charge in [-0.25, -0.2) is 0 Å². The van der Waals surface area contributed by atoms with E-state index >= 15 is 0 Å². The van der Waals surface area contributed by atoms with Crippen LogP contribution in [0.2, 0.25) is 5.02 Å². The summed E-state index contributed by atoms with van der Waals surface area (Å²) in [6, 6.07) is 3.87. The molecule has 0 saturated heterocycles. The molecule has 1 aliphatic carbocycles. The Morgan fingerprint density at radius 3 is 2.74 bits per heavy atom. The number of azo groups is 1. The van der Waals surface area contributed by atoms with Crippen LogP contribution in [0.3, 0.4) is 0 Å². The average molecular weight is 333 g/mol. The average Bonchev–Trinajstić information content (AvgIpc) is 2.58. The van der Waals surface area contributed by atoms with Crippen molar-refractivity contribution in [3.05, 3.63) is 40.4 Å². The van der Waals surface area contributed by atoms with Crippen LogP contribution in [-0.2, 0) is 4.79 Å². The van der Waals surface area contributed by atoms with Crippen molar-refractivity contribution in [3.63, 3.8) is 0 Å². The summed E-state index contributed by atoms with van der Waals surface area (Å²) in [5, 5.41) is 8.30. The Balaban J connectivity index is 1.77. The van der Waals surface area contributed by atoms with Crippen LogP contribution >= 0.6 is 11.6 Å². The molecule has 1 aromatic carbocycles. The summed E-state index contributed by atoms with van der Waals surface area (Å²) in [5.41, 5.74) is 2.21. The van der Waals surface area contributed by atoms with Crippen LogP contribution in [0, 0.1) is 6.92 Å². The highest BCUT2D eigenvalue weighted by Crippen LogP contribution is 2.40. The molecule has 1 unspecified atom stereocenters. The Kier molecular flexibility index (Phi) is 5.11. The van der Waals surface area contributed by atoms with Crippen LogP contribution in [-0.4, -0.2) is 18.6 Å². The van der Waals surface area contributed by atoms with Gasteiger partial charge in [0, 0.05) is 11.1 Å². The molecule has 2 aliphatic rings. The second-order valence-electron chi connectivity index (χ2n) is 6.27. The third kappa shape index (κ3) is 3.99. The lowest BCUT2D eigenvalue weighted by Crippen LogP contribution is -2.17. The molecule has 122 valence electrons. The molecule has 1 aliphatic heterocycles. The number of benzene rings is 1. The van der Waals surface area contributed by atoms with Crippen LogP contribution < -0.4 is 4.74 Å². The van der Waals surface area contributed by atoms with Crippen LogP contribution in [0.15, 0.2) is 34.5 Å². The van der Waals surface area contributed by atoms with Gasteiger partial charge >= 0.3 is 0 Å². The molecule has 0 spiro atoms. The maximum Gasteiger partial charge on any atom is 0.287 e. The first-order chi connectivity index (χ1) is 11.1. The van der Waals surface area contributed by atoms with Crippen LogP contribution in [0.25, 0.3) is 0 Å². The Labute approximate surface area is 141 Å². The smallest absolute Gasteiger partial charge is 0.287 e. The summed E-state index contributed by atoms with van der Waals surface area (Å²) in [7, 11) is 0. The molecule has 0 radical (unpaired) electrons. The van der Waals surface area contributed by atoms with Crippen molar-refractivity contribution >= 4 is 17.5 Å². The fourth-order valence-corrected chi connectivity index (χ4v) is 3.36. The number of ether oxygens (including phenoxy) is 1. The maximum absolute atomic E-state index is 11.0. The molecular weight excluding hydrogens is 312 g/mol. The molecule has 1 heterocycles. The van der Waals surface area contributed by atoms with Crippen LogP contribution in [0.4, 0.5) is 0 Å². The van der Waals surface area contributed by atoms with E-state index in [1.54, 1.807) is 6.08 Å². The molecular formula is C18H21ClN2O2. The molecule has 1 saturated carbocycles. The number of hydrogen-bond acceptors (Lipinski definition) is 3. The number of rotatable bonds is 4. The summed E-state index contributed by atoms with van der Waals surface area (Å²) in [6.07, 6.45) is 9.39. The standard InChI is InChI=1S/C18H21ClN2O2/c1-12-9-17(23-11-14-7-8-18(22)21-20-14)15(10-16(12)19)13-5-3-2-4-6-13/h7-10,13-14H,2-6,11H2,1H3. The van der Waals surface area contributed by atoms with Crippen molar-refractivity contribution in [1.82, 2.24) is 0 Å². The molecule has 0 aromatic heterocycles. The van der Waals surface area contributed by atoms with E-state index in [4.69, 9.17) is 16.3 Å². The molecule has 1 fully saturated rings. The minimum atomic E-state index is -0.313. The largest absolute Gasteiger partial charge is 0.491 e. The molecule has 3 rings (SSSR count). The van der Waals surface area contributed by atoms with Crippen molar-refractivity contribution in [2.45, 2.75) is 51.0 Å². The van der Waals surface area contributed by atoms with Gasteiger partial charge in [-0.2, -0.15) is 5.11 Å². The van der Waals surface area contributed by atoms with Gasteiger partial charge in [0.1, 0.15) is 18.4 Å². The Bertz CT molecular complexity index is 633. The van der Waals surface area contributed by atoms with Crippen molar-refractivity contribution in [1.29, 1.82) is 0 Å². The fraction of sp³-hybridized carbons (Fsp3) is 0.500. The van der Waals surface area contributed by atoms with E-state index in [9.17, 15) is 4.79 Å². The molecule has 1 amide bonds. The lowest BCUT2D eigenvalue weighted by molar-refractivity contribution is -0.114. The topological polar surface area (TPSA) is 51.0 Å². The number of halogens is 1. The zero-order valence-electron chi connectivity index (χ0n) is 13.3. The SMILES string of the molecule is Cc1cc(OCC2C=CC(=O)N=N2)c(C2CCCCC2)cc1Cl. The Hall–Kier alpha value is -1.68. The summed E-state index contributed by atoms with van der Waals surface area (Å²) in [4.78, 5) is 11.0. The third-order valence-corrected chi connectivity index (χ3v) is 4.92. The van der Waals surface area contributed by atoms with Crippen LogP contribution in [0.5, 0.6) is 5.75 Å². The van der Waals surface area contributed by atoms with Gasteiger partial charge in [-0.1, -0.05) is 30.9 Å².